The highest BCUT2D eigenvalue weighted by Gasteiger charge is 2.13. The summed E-state index contributed by atoms with van der Waals surface area (Å²) in [5, 5.41) is 18.1. The van der Waals surface area contributed by atoms with E-state index in [0.717, 1.165) is 5.52 Å². The number of hydrogen-bond acceptors (Lipinski definition) is 4. The quantitative estimate of drug-likeness (QED) is 0.674. The molecule has 0 saturated heterocycles. The lowest BCUT2D eigenvalue weighted by Gasteiger charge is -2.01. The van der Waals surface area contributed by atoms with Crippen LogP contribution < -0.4 is 0 Å². The minimum Gasteiger partial charge on any atom is -0.290 e. The molecule has 0 saturated carbocycles. The predicted molar refractivity (Wildman–Crippen MR) is 66.2 cm³/mol. The molecule has 0 aliphatic carbocycles. The molecule has 0 unspecified atom stereocenters. The fourth-order valence-electron chi connectivity index (χ4n) is 1.87. The summed E-state index contributed by atoms with van der Waals surface area (Å²) < 4.78 is 15.3. The van der Waals surface area contributed by atoms with Gasteiger partial charge in [-0.1, -0.05) is 11.3 Å². The lowest BCUT2D eigenvalue weighted by atomic mass is 10.1. The summed E-state index contributed by atoms with van der Waals surface area (Å²) in [6.07, 6.45) is 1.66. The topological polar surface area (TPSA) is 54.5 Å². The van der Waals surface area contributed by atoms with Gasteiger partial charge in [-0.15, -0.1) is 10.2 Å². The number of nitrogens with zero attached hydrogens (tertiary/aromatic N) is 4. The van der Waals surface area contributed by atoms with Crippen LogP contribution in [0, 0.1) is 24.1 Å². The number of nitriles is 1. The number of benzene rings is 1. The first-order chi connectivity index (χ1) is 8.70. The Kier molecular flexibility index (Phi) is 2.35. The van der Waals surface area contributed by atoms with Crippen molar-refractivity contribution in [3.8, 4) is 11.2 Å². The smallest absolute Gasteiger partial charge is 0.216 e. The average Bonchev–Trinajstić information content (AvgIpc) is 2.97. The third-order valence-corrected chi connectivity index (χ3v) is 3.45. The Morgan fingerprint density at radius 3 is 2.94 bits per heavy atom. The second-order valence-electron chi connectivity index (χ2n) is 3.86. The highest BCUT2D eigenvalue weighted by Crippen LogP contribution is 2.27. The van der Waals surface area contributed by atoms with Gasteiger partial charge in [0.15, 0.2) is 0 Å². The van der Waals surface area contributed by atoms with Crippen LogP contribution in [0.4, 0.5) is 4.39 Å². The third-order valence-electron chi connectivity index (χ3n) is 2.76. The fraction of sp³-hybridized carbons (Fsp3) is 0.0833. The van der Waals surface area contributed by atoms with Crippen molar-refractivity contribution < 1.29 is 4.39 Å². The predicted octanol–water partition coefficient (Wildman–Crippen LogP) is 2.80. The number of hydrogen-bond donors (Lipinski definition) is 0. The van der Waals surface area contributed by atoms with Crippen LogP contribution in [0.25, 0.3) is 16.0 Å². The molecule has 0 bridgehead atoms. The van der Waals surface area contributed by atoms with Gasteiger partial charge in [-0.2, -0.15) is 5.26 Å². The molecule has 0 fully saturated rings. The van der Waals surface area contributed by atoms with Crippen LogP contribution in [0.15, 0.2) is 23.8 Å². The molecule has 0 atom stereocenters. The van der Waals surface area contributed by atoms with E-state index in [0.29, 0.717) is 21.6 Å². The highest BCUT2D eigenvalue weighted by atomic mass is 32.1. The van der Waals surface area contributed by atoms with Crippen molar-refractivity contribution >= 4 is 22.2 Å². The van der Waals surface area contributed by atoms with Gasteiger partial charge in [-0.05, 0) is 24.6 Å². The lowest BCUT2D eigenvalue weighted by molar-refractivity contribution is 0.620. The minimum atomic E-state index is -0.311. The van der Waals surface area contributed by atoms with Crippen LogP contribution in [0.5, 0.6) is 0 Å². The molecule has 1 aromatic carbocycles. The summed E-state index contributed by atoms with van der Waals surface area (Å²) in [5.74, 6) is -0.311. The van der Waals surface area contributed by atoms with Crippen molar-refractivity contribution in [3.63, 3.8) is 0 Å². The van der Waals surface area contributed by atoms with Crippen molar-refractivity contribution in [2.24, 2.45) is 0 Å². The van der Waals surface area contributed by atoms with Gasteiger partial charge in [0.25, 0.3) is 0 Å². The molecule has 0 amide bonds. The summed E-state index contributed by atoms with van der Waals surface area (Å²) in [7, 11) is 0. The van der Waals surface area contributed by atoms with Gasteiger partial charge in [-0.3, -0.25) is 4.57 Å². The summed E-state index contributed by atoms with van der Waals surface area (Å²) >= 11 is 1.36. The number of aromatic nitrogens is 3. The molecule has 3 rings (SSSR count). The number of fused-ring (bicyclic) bond motifs is 1. The van der Waals surface area contributed by atoms with E-state index >= 15 is 0 Å². The Morgan fingerprint density at radius 1 is 1.44 bits per heavy atom. The van der Waals surface area contributed by atoms with Crippen LogP contribution in [0.2, 0.25) is 0 Å². The van der Waals surface area contributed by atoms with E-state index in [2.05, 4.69) is 16.3 Å². The molecule has 88 valence electrons. The molecule has 0 radical (unpaired) electrons. The van der Waals surface area contributed by atoms with Crippen LogP contribution >= 0.6 is 11.3 Å². The first-order valence-electron chi connectivity index (χ1n) is 5.18. The van der Waals surface area contributed by atoms with Crippen LogP contribution in [0.3, 0.4) is 0 Å². The fourth-order valence-corrected chi connectivity index (χ4v) is 2.42. The Hall–Kier alpha value is -2.26. The van der Waals surface area contributed by atoms with Crippen LogP contribution in [-0.2, 0) is 0 Å². The van der Waals surface area contributed by atoms with Crippen molar-refractivity contribution in [2.75, 3.05) is 0 Å². The molecule has 0 aliphatic rings. The van der Waals surface area contributed by atoms with Gasteiger partial charge in [0.2, 0.25) is 5.13 Å². The van der Waals surface area contributed by atoms with Crippen LogP contribution in [-0.4, -0.2) is 14.8 Å². The van der Waals surface area contributed by atoms with Gasteiger partial charge in [0.05, 0.1) is 11.1 Å². The summed E-state index contributed by atoms with van der Waals surface area (Å²) in [4.78, 5) is 0. The molecule has 2 heterocycles. The number of aryl methyl sites for hydroxylation is 1. The Labute approximate surface area is 106 Å². The normalized spacial score (nSPS) is 10.7. The standard InChI is InChI=1S/C12H7FN4S/c1-7-2-11-9(3-10(7)13)8(4-14)5-17(11)12-16-15-6-18-12/h2-3,5-6H,1H3. The Morgan fingerprint density at radius 2 is 2.28 bits per heavy atom. The molecule has 2 aromatic heterocycles. The lowest BCUT2D eigenvalue weighted by Crippen LogP contribution is -1.92. The van der Waals surface area contributed by atoms with E-state index in [9.17, 15) is 4.39 Å². The van der Waals surface area contributed by atoms with Gasteiger partial charge in [0, 0.05) is 11.6 Å². The zero-order chi connectivity index (χ0) is 12.7. The van der Waals surface area contributed by atoms with E-state index < -0.39 is 0 Å². The summed E-state index contributed by atoms with van der Waals surface area (Å²) in [5.41, 5.74) is 3.35. The van der Waals surface area contributed by atoms with E-state index in [-0.39, 0.29) is 5.82 Å². The van der Waals surface area contributed by atoms with E-state index in [4.69, 9.17) is 5.26 Å². The third kappa shape index (κ3) is 1.49. The molecule has 0 aliphatic heterocycles. The highest BCUT2D eigenvalue weighted by molar-refractivity contribution is 7.11. The molecule has 0 spiro atoms. The number of halogens is 1. The second-order valence-corrected chi connectivity index (χ2v) is 4.68. The van der Waals surface area contributed by atoms with Gasteiger partial charge in [-0.25, -0.2) is 4.39 Å². The molecule has 18 heavy (non-hydrogen) atoms. The van der Waals surface area contributed by atoms with Gasteiger partial charge < -0.3 is 0 Å². The molecular formula is C12H7FN4S. The number of rotatable bonds is 1. The molecule has 0 N–H and O–H groups in total. The maximum absolute atomic E-state index is 13.6. The van der Waals surface area contributed by atoms with Crippen molar-refractivity contribution in [1.82, 2.24) is 14.8 Å². The average molecular weight is 258 g/mol. The van der Waals surface area contributed by atoms with E-state index in [1.54, 1.807) is 29.3 Å². The summed E-state index contributed by atoms with van der Waals surface area (Å²) in [6.45, 7) is 1.69. The second kappa shape index (κ2) is 3.89. The van der Waals surface area contributed by atoms with Crippen molar-refractivity contribution in [1.29, 1.82) is 5.26 Å². The first-order valence-corrected chi connectivity index (χ1v) is 6.06. The molecule has 6 heteroatoms. The Bertz CT molecular complexity index is 768. The molecule has 4 nitrogen and oxygen atoms in total. The van der Waals surface area contributed by atoms with Gasteiger partial charge >= 0.3 is 0 Å². The monoisotopic (exact) mass is 258 g/mol. The zero-order valence-corrected chi connectivity index (χ0v) is 10.2. The van der Waals surface area contributed by atoms with Gasteiger partial charge in [0.1, 0.15) is 17.4 Å². The SMILES string of the molecule is Cc1cc2c(cc1F)c(C#N)cn2-c1nncs1. The molecular weight excluding hydrogens is 251 g/mol. The van der Waals surface area contributed by atoms with Crippen LogP contribution in [0.1, 0.15) is 11.1 Å². The Balaban J connectivity index is 2.41. The van der Waals surface area contributed by atoms with Crippen molar-refractivity contribution in [2.45, 2.75) is 6.92 Å². The zero-order valence-electron chi connectivity index (χ0n) is 9.38. The maximum Gasteiger partial charge on any atom is 0.216 e. The van der Waals surface area contributed by atoms with E-state index in [1.807, 2.05) is 0 Å². The molecule has 3 aromatic rings. The van der Waals surface area contributed by atoms with Crippen molar-refractivity contribution in [3.05, 3.63) is 40.8 Å². The van der Waals surface area contributed by atoms with E-state index in [1.165, 1.54) is 17.4 Å². The summed E-state index contributed by atoms with van der Waals surface area (Å²) in [6, 6.07) is 5.17. The first kappa shape index (κ1) is 10.9. The largest absolute Gasteiger partial charge is 0.290 e. The minimum absolute atomic E-state index is 0.311. The maximum atomic E-state index is 13.6.